The Morgan fingerprint density at radius 1 is 1.16 bits per heavy atom. The third-order valence-corrected chi connectivity index (χ3v) is 5.30. The molecule has 2 aromatic heterocycles. The summed E-state index contributed by atoms with van der Waals surface area (Å²) in [6, 6.07) is 17.2. The third-order valence-electron chi connectivity index (χ3n) is 5.30. The van der Waals surface area contributed by atoms with Gasteiger partial charge in [0.15, 0.2) is 5.69 Å². The van der Waals surface area contributed by atoms with Gasteiger partial charge < -0.3 is 14.4 Å². The second kappa shape index (κ2) is 9.52. The van der Waals surface area contributed by atoms with E-state index in [4.69, 9.17) is 4.74 Å². The van der Waals surface area contributed by atoms with E-state index in [2.05, 4.69) is 25.6 Å². The minimum atomic E-state index is -0.580. The van der Waals surface area contributed by atoms with Gasteiger partial charge in [-0.2, -0.15) is 5.21 Å². The summed E-state index contributed by atoms with van der Waals surface area (Å²) < 4.78 is 6.88. The molecule has 2 N–H and O–H groups in total. The van der Waals surface area contributed by atoms with Crippen molar-refractivity contribution in [2.45, 2.75) is 32.4 Å². The number of methoxy groups -OCH3 is 1. The van der Waals surface area contributed by atoms with Crippen LogP contribution in [-0.2, 0) is 17.8 Å². The molecule has 0 aliphatic heterocycles. The number of aromatic amines is 1. The van der Waals surface area contributed by atoms with Gasteiger partial charge in [-0.05, 0) is 22.8 Å². The van der Waals surface area contributed by atoms with E-state index in [0.29, 0.717) is 23.8 Å². The van der Waals surface area contributed by atoms with Crippen LogP contribution in [0, 0.1) is 0 Å². The lowest BCUT2D eigenvalue weighted by Gasteiger charge is -2.25. The molecule has 0 bridgehead atoms. The Bertz CT molecular complexity index is 1190. The van der Waals surface area contributed by atoms with Crippen molar-refractivity contribution in [2.24, 2.45) is 0 Å². The number of benzene rings is 2. The standard InChI is InChI=1S/C23H24N6O3/c1-3-9-19-24-20(23(31)32-2)18(14-30)29(19)21(15-10-5-4-6-11-15)16-12-7-8-13-17(16)22-25-27-28-26-22/h4-8,10-13,21,30H,3,9,14H2,1-2H3,(H,25,26,27,28). The molecule has 4 rings (SSSR count). The highest BCUT2D eigenvalue weighted by Crippen LogP contribution is 2.36. The van der Waals surface area contributed by atoms with Gasteiger partial charge in [-0.1, -0.05) is 61.5 Å². The molecular weight excluding hydrogens is 408 g/mol. The Morgan fingerprint density at radius 3 is 2.56 bits per heavy atom. The van der Waals surface area contributed by atoms with E-state index in [9.17, 15) is 9.90 Å². The summed E-state index contributed by atoms with van der Waals surface area (Å²) >= 11 is 0. The van der Waals surface area contributed by atoms with Crippen LogP contribution >= 0.6 is 0 Å². The fourth-order valence-electron chi connectivity index (χ4n) is 3.95. The average molecular weight is 432 g/mol. The number of H-pyrrole nitrogens is 1. The van der Waals surface area contributed by atoms with Gasteiger partial charge in [-0.15, -0.1) is 10.2 Å². The topological polar surface area (TPSA) is 119 Å². The lowest BCUT2D eigenvalue weighted by molar-refractivity contribution is 0.0590. The zero-order valence-corrected chi connectivity index (χ0v) is 17.9. The van der Waals surface area contributed by atoms with Gasteiger partial charge in [0.2, 0.25) is 5.82 Å². The molecule has 1 unspecified atom stereocenters. The molecule has 4 aromatic rings. The minimum Gasteiger partial charge on any atom is -0.464 e. The number of aromatic nitrogens is 6. The largest absolute Gasteiger partial charge is 0.464 e. The van der Waals surface area contributed by atoms with Crippen molar-refractivity contribution in [1.82, 2.24) is 30.2 Å². The van der Waals surface area contributed by atoms with Crippen LogP contribution in [0.5, 0.6) is 0 Å². The molecule has 1 atom stereocenters. The molecule has 32 heavy (non-hydrogen) atoms. The van der Waals surface area contributed by atoms with Crippen LogP contribution in [-0.4, -0.2) is 48.4 Å². The third kappa shape index (κ3) is 3.90. The van der Waals surface area contributed by atoms with Crippen LogP contribution in [0.3, 0.4) is 0 Å². The summed E-state index contributed by atoms with van der Waals surface area (Å²) in [6.07, 6.45) is 1.44. The summed E-state index contributed by atoms with van der Waals surface area (Å²) in [4.78, 5) is 17.1. The second-order valence-electron chi connectivity index (χ2n) is 7.23. The van der Waals surface area contributed by atoms with Crippen LogP contribution in [0.1, 0.15) is 52.5 Å². The molecule has 0 aliphatic carbocycles. The summed E-state index contributed by atoms with van der Waals surface area (Å²) in [5.41, 5.74) is 3.16. The Hall–Kier alpha value is -3.85. The highest BCUT2D eigenvalue weighted by atomic mass is 16.5. The van der Waals surface area contributed by atoms with Gasteiger partial charge in [0, 0.05) is 12.0 Å². The number of imidazole rings is 1. The van der Waals surface area contributed by atoms with Crippen LogP contribution < -0.4 is 0 Å². The van der Waals surface area contributed by atoms with E-state index >= 15 is 0 Å². The molecular formula is C23H24N6O3. The van der Waals surface area contributed by atoms with Gasteiger partial charge in [0.25, 0.3) is 0 Å². The zero-order valence-electron chi connectivity index (χ0n) is 17.9. The number of aliphatic hydroxyl groups is 1. The molecule has 0 saturated heterocycles. The van der Waals surface area contributed by atoms with Crippen molar-refractivity contribution >= 4 is 5.97 Å². The van der Waals surface area contributed by atoms with Gasteiger partial charge in [0.1, 0.15) is 5.82 Å². The maximum Gasteiger partial charge on any atom is 0.358 e. The molecule has 2 aromatic carbocycles. The SMILES string of the molecule is CCCc1nc(C(=O)OC)c(CO)n1C(c1ccccc1)c1ccccc1-c1nn[nH]n1. The maximum atomic E-state index is 12.5. The van der Waals surface area contributed by atoms with E-state index in [1.165, 1.54) is 7.11 Å². The number of nitrogens with one attached hydrogen (secondary N) is 1. The number of carbonyl (C=O) groups is 1. The monoisotopic (exact) mass is 432 g/mol. The van der Waals surface area contributed by atoms with Crippen LogP contribution in [0.25, 0.3) is 11.4 Å². The van der Waals surface area contributed by atoms with E-state index in [1.54, 1.807) is 0 Å². The fraction of sp³-hybridized carbons (Fsp3) is 0.261. The van der Waals surface area contributed by atoms with Crippen molar-refractivity contribution in [1.29, 1.82) is 0 Å². The second-order valence-corrected chi connectivity index (χ2v) is 7.23. The van der Waals surface area contributed by atoms with E-state index in [0.717, 1.165) is 23.1 Å². The highest BCUT2D eigenvalue weighted by Gasteiger charge is 2.30. The van der Waals surface area contributed by atoms with Crippen molar-refractivity contribution in [3.8, 4) is 11.4 Å². The zero-order chi connectivity index (χ0) is 22.5. The first-order valence-electron chi connectivity index (χ1n) is 10.4. The number of aryl methyl sites for hydroxylation is 1. The molecule has 9 heteroatoms. The summed E-state index contributed by atoms with van der Waals surface area (Å²) in [7, 11) is 1.31. The lowest BCUT2D eigenvalue weighted by Crippen LogP contribution is -2.19. The number of ether oxygens (including phenoxy) is 1. The predicted molar refractivity (Wildman–Crippen MR) is 117 cm³/mol. The fourth-order valence-corrected chi connectivity index (χ4v) is 3.95. The quantitative estimate of drug-likeness (QED) is 0.411. The maximum absolute atomic E-state index is 12.5. The molecule has 0 spiro atoms. The molecule has 9 nitrogen and oxygen atoms in total. The molecule has 0 saturated carbocycles. The normalized spacial score (nSPS) is 12.0. The number of tetrazole rings is 1. The molecule has 2 heterocycles. The Labute approximate surface area is 185 Å². The Balaban J connectivity index is 2.03. The Morgan fingerprint density at radius 2 is 1.91 bits per heavy atom. The number of esters is 1. The predicted octanol–water partition coefficient (Wildman–Crippen LogP) is 2.93. The van der Waals surface area contributed by atoms with Gasteiger partial charge in [-0.25, -0.2) is 9.78 Å². The van der Waals surface area contributed by atoms with E-state index in [-0.39, 0.29) is 18.3 Å². The highest BCUT2D eigenvalue weighted by molar-refractivity contribution is 5.88. The number of nitrogens with zero attached hydrogens (tertiary/aromatic N) is 5. The smallest absolute Gasteiger partial charge is 0.358 e. The average Bonchev–Trinajstić information content (AvgIpc) is 3.49. The van der Waals surface area contributed by atoms with Gasteiger partial charge in [0.05, 0.1) is 25.5 Å². The number of aliphatic hydroxyl groups excluding tert-OH is 1. The van der Waals surface area contributed by atoms with Crippen LogP contribution in [0.2, 0.25) is 0 Å². The number of carbonyl (C=O) groups excluding carboxylic acids is 1. The molecule has 164 valence electrons. The molecule has 0 amide bonds. The minimum absolute atomic E-state index is 0.122. The van der Waals surface area contributed by atoms with Crippen LogP contribution in [0.4, 0.5) is 0 Å². The van der Waals surface area contributed by atoms with Crippen molar-refractivity contribution < 1.29 is 14.6 Å². The first-order chi connectivity index (χ1) is 15.7. The van der Waals surface area contributed by atoms with Crippen LogP contribution in [0.15, 0.2) is 54.6 Å². The first kappa shape index (κ1) is 21.4. The number of rotatable bonds is 8. The van der Waals surface area contributed by atoms with Gasteiger partial charge in [-0.3, -0.25) is 0 Å². The van der Waals surface area contributed by atoms with E-state index < -0.39 is 5.97 Å². The van der Waals surface area contributed by atoms with Crippen molar-refractivity contribution in [3.05, 3.63) is 82.9 Å². The summed E-state index contributed by atoms with van der Waals surface area (Å²) in [5, 5.41) is 24.9. The van der Waals surface area contributed by atoms with Gasteiger partial charge >= 0.3 is 5.97 Å². The first-order valence-corrected chi connectivity index (χ1v) is 10.4. The number of hydrogen-bond donors (Lipinski definition) is 2. The number of hydrogen-bond acceptors (Lipinski definition) is 7. The summed E-state index contributed by atoms with van der Waals surface area (Å²) in [6.45, 7) is 1.68. The molecule has 0 fully saturated rings. The van der Waals surface area contributed by atoms with Crippen molar-refractivity contribution in [2.75, 3.05) is 7.11 Å². The van der Waals surface area contributed by atoms with E-state index in [1.807, 2.05) is 66.1 Å². The molecule has 0 aliphatic rings. The summed E-state index contributed by atoms with van der Waals surface area (Å²) in [5.74, 6) is 0.564. The molecule has 0 radical (unpaired) electrons. The van der Waals surface area contributed by atoms with Crippen molar-refractivity contribution in [3.63, 3.8) is 0 Å². The Kier molecular flexibility index (Phi) is 6.37. The lowest BCUT2D eigenvalue weighted by atomic mass is 9.93.